The third kappa shape index (κ3) is 2.07. The van der Waals surface area contributed by atoms with Crippen LogP contribution in [0.15, 0.2) is 18.3 Å². The minimum Gasteiger partial charge on any atom is -0.478 e. The lowest BCUT2D eigenvalue weighted by Crippen LogP contribution is -1.97. The van der Waals surface area contributed by atoms with Crippen LogP contribution in [0.25, 0.3) is 22.6 Å². The molecule has 96 valence electrons. The maximum atomic E-state index is 11.1. The normalized spacial score (nSPS) is 11.1. The summed E-state index contributed by atoms with van der Waals surface area (Å²) in [6.45, 7) is 0. The number of carboxylic acid groups (broad SMARTS) is 1. The third-order valence-electron chi connectivity index (χ3n) is 2.53. The molecule has 2 N–H and O–H groups in total. The molecule has 0 bridgehead atoms. The Morgan fingerprint density at radius 1 is 1.42 bits per heavy atom. The van der Waals surface area contributed by atoms with Crippen molar-refractivity contribution < 1.29 is 9.90 Å². The lowest BCUT2D eigenvalue weighted by atomic mass is 10.2. The molecule has 5 nitrogen and oxygen atoms in total. The lowest BCUT2D eigenvalue weighted by Gasteiger charge is -1.94. The minimum absolute atomic E-state index is 0.112. The number of nitrogens with one attached hydrogen (secondary N) is 1. The molecule has 0 unspecified atom stereocenters. The van der Waals surface area contributed by atoms with Crippen LogP contribution in [0.3, 0.4) is 0 Å². The molecule has 0 aliphatic heterocycles. The van der Waals surface area contributed by atoms with Crippen LogP contribution in [0.1, 0.15) is 10.4 Å². The Morgan fingerprint density at radius 2 is 2.21 bits per heavy atom. The summed E-state index contributed by atoms with van der Waals surface area (Å²) in [4.78, 5) is 22.3. The van der Waals surface area contributed by atoms with Gasteiger partial charge in [-0.2, -0.15) is 0 Å². The van der Waals surface area contributed by atoms with Gasteiger partial charge in [-0.1, -0.05) is 23.2 Å². The highest BCUT2D eigenvalue weighted by Crippen LogP contribution is 2.37. The zero-order chi connectivity index (χ0) is 13.6. The van der Waals surface area contributed by atoms with Crippen molar-refractivity contribution in [3.05, 3.63) is 32.6 Å². The van der Waals surface area contributed by atoms with Gasteiger partial charge in [-0.05, 0) is 12.1 Å². The van der Waals surface area contributed by atoms with Gasteiger partial charge < -0.3 is 10.1 Å². The number of aromatic carboxylic acids is 1. The number of fused-ring (bicyclic) bond motifs is 1. The number of carbonyl (C=O) groups is 1. The number of H-pyrrole nitrogens is 1. The number of imidazole rings is 1. The van der Waals surface area contributed by atoms with Gasteiger partial charge in [0.2, 0.25) is 0 Å². The Kier molecular flexibility index (Phi) is 2.93. The van der Waals surface area contributed by atoms with Crippen molar-refractivity contribution in [1.29, 1.82) is 0 Å². The summed E-state index contributed by atoms with van der Waals surface area (Å²) < 4.78 is 1.02. The highest BCUT2D eigenvalue weighted by Gasteiger charge is 2.16. The summed E-state index contributed by atoms with van der Waals surface area (Å²) in [6.07, 6.45) is 1.40. The molecule has 8 heteroatoms. The van der Waals surface area contributed by atoms with E-state index in [0.29, 0.717) is 31.2 Å². The molecule has 3 rings (SSSR count). The fraction of sp³-hybridized carbons (Fsp3) is 0. The highest BCUT2D eigenvalue weighted by atomic mass is 35.5. The van der Waals surface area contributed by atoms with Crippen molar-refractivity contribution in [3.63, 3.8) is 0 Å². The molecule has 0 radical (unpaired) electrons. The monoisotopic (exact) mass is 313 g/mol. The molecule has 0 atom stereocenters. The molecule has 0 amide bonds. The van der Waals surface area contributed by atoms with E-state index in [1.165, 1.54) is 23.6 Å². The molecule has 0 spiro atoms. The zero-order valence-electron chi connectivity index (χ0n) is 9.15. The van der Waals surface area contributed by atoms with Crippen molar-refractivity contribution in [2.75, 3.05) is 0 Å². The van der Waals surface area contributed by atoms with E-state index in [1.54, 1.807) is 6.07 Å². The number of hydrogen-bond donors (Lipinski definition) is 2. The van der Waals surface area contributed by atoms with Crippen molar-refractivity contribution in [2.45, 2.75) is 0 Å². The Balaban J connectivity index is 2.25. The zero-order valence-corrected chi connectivity index (χ0v) is 11.5. The molecular formula is C11H5Cl2N3O2S. The number of pyridine rings is 1. The van der Waals surface area contributed by atoms with Gasteiger partial charge >= 0.3 is 5.97 Å². The standard InChI is InChI=1S/C11H5Cl2N3O2S/c12-6-3-5(8(13)19-6)9-15-7-4(11(17)18)1-2-14-10(7)16-9/h1-3H,(H,17,18)(H,14,15,16). The van der Waals surface area contributed by atoms with Crippen LogP contribution >= 0.6 is 34.5 Å². The number of rotatable bonds is 2. The molecule has 0 aliphatic rings. The Bertz CT molecular complexity index is 796. The molecule has 3 aromatic heterocycles. The second-order valence-corrected chi connectivity index (χ2v) is 5.97. The molecule has 3 aromatic rings. The van der Waals surface area contributed by atoms with E-state index in [9.17, 15) is 4.79 Å². The average Bonchev–Trinajstić information content (AvgIpc) is 2.91. The summed E-state index contributed by atoms with van der Waals surface area (Å²) in [5.41, 5.74) is 1.43. The lowest BCUT2D eigenvalue weighted by molar-refractivity contribution is 0.0699. The van der Waals surface area contributed by atoms with Crippen LogP contribution in [0.4, 0.5) is 0 Å². The summed E-state index contributed by atoms with van der Waals surface area (Å²) in [7, 11) is 0. The van der Waals surface area contributed by atoms with E-state index >= 15 is 0 Å². The molecule has 0 aromatic carbocycles. The quantitative estimate of drug-likeness (QED) is 0.756. The van der Waals surface area contributed by atoms with Crippen LogP contribution < -0.4 is 0 Å². The topological polar surface area (TPSA) is 78.9 Å². The maximum absolute atomic E-state index is 11.1. The molecule has 0 saturated carbocycles. The van der Waals surface area contributed by atoms with Gasteiger partial charge in [0.05, 0.1) is 15.4 Å². The second-order valence-electron chi connectivity index (χ2n) is 3.69. The molecular weight excluding hydrogens is 309 g/mol. The summed E-state index contributed by atoms with van der Waals surface area (Å²) in [5.74, 6) is -0.596. The Labute approximate surface area is 120 Å². The Hall–Kier alpha value is -1.63. The van der Waals surface area contributed by atoms with Crippen molar-refractivity contribution in [3.8, 4) is 11.4 Å². The fourth-order valence-corrected chi connectivity index (χ4v) is 3.18. The smallest absolute Gasteiger partial charge is 0.338 e. The summed E-state index contributed by atoms with van der Waals surface area (Å²) in [5, 5.41) is 9.10. The largest absolute Gasteiger partial charge is 0.478 e. The van der Waals surface area contributed by atoms with E-state index in [2.05, 4.69) is 15.0 Å². The second kappa shape index (κ2) is 4.48. The van der Waals surface area contributed by atoms with E-state index < -0.39 is 5.97 Å². The fourth-order valence-electron chi connectivity index (χ4n) is 1.72. The van der Waals surface area contributed by atoms with Gasteiger partial charge in [-0.15, -0.1) is 11.3 Å². The number of hydrogen-bond acceptors (Lipinski definition) is 4. The van der Waals surface area contributed by atoms with Gasteiger partial charge in [0.15, 0.2) is 5.65 Å². The highest BCUT2D eigenvalue weighted by molar-refractivity contribution is 7.20. The van der Waals surface area contributed by atoms with Gasteiger partial charge in [0.1, 0.15) is 10.2 Å². The summed E-state index contributed by atoms with van der Waals surface area (Å²) in [6, 6.07) is 3.08. The third-order valence-corrected chi connectivity index (χ3v) is 4.02. The molecule has 0 aliphatic carbocycles. The first-order chi connectivity index (χ1) is 9.06. The van der Waals surface area contributed by atoms with Crippen LogP contribution in [0.5, 0.6) is 0 Å². The first-order valence-corrected chi connectivity index (χ1v) is 6.66. The van der Waals surface area contributed by atoms with E-state index in [0.717, 1.165) is 0 Å². The number of aromatic nitrogens is 3. The number of halogens is 2. The molecule has 19 heavy (non-hydrogen) atoms. The van der Waals surface area contributed by atoms with Gasteiger partial charge in [0.25, 0.3) is 0 Å². The van der Waals surface area contributed by atoms with E-state index in [4.69, 9.17) is 28.3 Å². The van der Waals surface area contributed by atoms with Crippen molar-refractivity contribution in [1.82, 2.24) is 15.0 Å². The van der Waals surface area contributed by atoms with Crippen molar-refractivity contribution >= 4 is 51.7 Å². The molecule has 0 saturated heterocycles. The van der Waals surface area contributed by atoms with Gasteiger partial charge in [-0.3, -0.25) is 0 Å². The average molecular weight is 314 g/mol. The first kappa shape index (κ1) is 12.4. The number of nitrogens with zero attached hydrogens (tertiary/aromatic N) is 2. The minimum atomic E-state index is -1.04. The van der Waals surface area contributed by atoms with Crippen LogP contribution in [-0.2, 0) is 0 Å². The number of thiophene rings is 1. The van der Waals surface area contributed by atoms with Crippen LogP contribution in [-0.4, -0.2) is 26.0 Å². The maximum Gasteiger partial charge on any atom is 0.338 e. The SMILES string of the molecule is O=C(O)c1ccnc2nc(-c3cc(Cl)sc3Cl)[nH]c12. The van der Waals surface area contributed by atoms with Crippen molar-refractivity contribution in [2.24, 2.45) is 0 Å². The van der Waals surface area contributed by atoms with Crippen LogP contribution in [0.2, 0.25) is 8.67 Å². The van der Waals surface area contributed by atoms with Crippen LogP contribution in [0, 0.1) is 0 Å². The Morgan fingerprint density at radius 3 is 2.84 bits per heavy atom. The summed E-state index contributed by atoms with van der Waals surface area (Å²) >= 11 is 13.1. The molecule has 0 fully saturated rings. The van der Waals surface area contributed by atoms with E-state index in [-0.39, 0.29) is 5.56 Å². The first-order valence-electron chi connectivity index (χ1n) is 5.09. The molecule has 3 heterocycles. The van der Waals surface area contributed by atoms with E-state index in [1.807, 2.05) is 0 Å². The van der Waals surface area contributed by atoms with Gasteiger partial charge in [-0.25, -0.2) is 14.8 Å². The number of carboxylic acids is 1. The predicted octanol–water partition coefficient (Wildman–Crippen LogP) is 3.69. The predicted molar refractivity (Wildman–Crippen MR) is 74.2 cm³/mol. The number of aromatic amines is 1. The van der Waals surface area contributed by atoms with Gasteiger partial charge in [0, 0.05) is 11.8 Å².